The Morgan fingerprint density at radius 3 is 2.84 bits per heavy atom. The first-order valence-electron chi connectivity index (χ1n) is 8.26. The van der Waals surface area contributed by atoms with Crippen molar-refractivity contribution < 1.29 is 9.18 Å². The number of nitrogens with zero attached hydrogens (tertiary/aromatic N) is 4. The summed E-state index contributed by atoms with van der Waals surface area (Å²) in [4.78, 5) is 19.2. The highest BCUT2D eigenvalue weighted by Crippen LogP contribution is 2.33. The zero-order valence-electron chi connectivity index (χ0n) is 13.5. The van der Waals surface area contributed by atoms with Crippen LogP contribution in [0, 0.1) is 5.82 Å². The van der Waals surface area contributed by atoms with Gasteiger partial charge in [-0.05, 0) is 48.7 Å². The van der Waals surface area contributed by atoms with E-state index in [1.807, 2.05) is 6.07 Å². The Balaban J connectivity index is 1.63. The van der Waals surface area contributed by atoms with Gasteiger partial charge in [0.15, 0.2) is 5.82 Å². The molecule has 0 N–H and O–H groups in total. The summed E-state index contributed by atoms with van der Waals surface area (Å²) in [5.74, 6) is 0.175. The molecule has 0 bridgehead atoms. The third-order valence-corrected chi connectivity index (χ3v) is 4.44. The van der Waals surface area contributed by atoms with E-state index in [0.717, 1.165) is 18.4 Å². The Morgan fingerprint density at radius 2 is 2.04 bits per heavy atom. The van der Waals surface area contributed by atoms with Gasteiger partial charge in [0.05, 0.1) is 6.04 Å². The normalized spacial score (nSPS) is 17.0. The first-order chi connectivity index (χ1) is 12.2. The third-order valence-electron chi connectivity index (χ3n) is 4.44. The van der Waals surface area contributed by atoms with Gasteiger partial charge in [-0.2, -0.15) is 5.10 Å². The fourth-order valence-electron chi connectivity index (χ4n) is 3.29. The first-order valence-corrected chi connectivity index (χ1v) is 8.26. The van der Waals surface area contributed by atoms with Crippen molar-refractivity contribution in [2.24, 2.45) is 0 Å². The number of hydrogen-bond acceptors (Lipinski definition) is 3. The van der Waals surface area contributed by atoms with Crippen molar-refractivity contribution in [3.8, 4) is 5.82 Å². The maximum absolute atomic E-state index is 13.6. The van der Waals surface area contributed by atoms with Crippen LogP contribution in [0.5, 0.6) is 0 Å². The number of rotatable bonds is 3. The van der Waals surface area contributed by atoms with E-state index >= 15 is 0 Å². The molecule has 1 fully saturated rings. The Kier molecular flexibility index (Phi) is 4.01. The monoisotopic (exact) mass is 336 g/mol. The molecule has 1 saturated heterocycles. The molecule has 5 nitrogen and oxygen atoms in total. The fourth-order valence-corrected chi connectivity index (χ4v) is 3.29. The Labute approximate surface area is 144 Å². The summed E-state index contributed by atoms with van der Waals surface area (Å²) in [5.41, 5.74) is 1.20. The van der Waals surface area contributed by atoms with Gasteiger partial charge in [0.1, 0.15) is 11.5 Å². The molecule has 126 valence electrons. The summed E-state index contributed by atoms with van der Waals surface area (Å²) < 4.78 is 15.2. The number of amides is 1. The van der Waals surface area contributed by atoms with Crippen LogP contribution in [0.25, 0.3) is 5.82 Å². The van der Waals surface area contributed by atoms with Gasteiger partial charge in [0, 0.05) is 18.9 Å². The van der Waals surface area contributed by atoms with Crippen LogP contribution in [-0.4, -0.2) is 32.1 Å². The molecule has 3 heterocycles. The van der Waals surface area contributed by atoms with Crippen molar-refractivity contribution in [1.29, 1.82) is 0 Å². The van der Waals surface area contributed by atoms with E-state index in [1.54, 1.807) is 52.3 Å². The van der Waals surface area contributed by atoms with Crippen molar-refractivity contribution in [3.63, 3.8) is 0 Å². The standard InChI is InChI=1S/C19H17FN4O/c20-15-6-1-5-14(13-15)17-8-3-11-23(17)19(25)16-7-2-9-18(22-16)24-12-4-10-21-24/h1-2,4-7,9-10,12-13,17H,3,8,11H2/t17-/m0/s1. The molecule has 25 heavy (non-hydrogen) atoms. The molecule has 0 radical (unpaired) electrons. The van der Waals surface area contributed by atoms with Crippen LogP contribution in [0.3, 0.4) is 0 Å². The van der Waals surface area contributed by atoms with Gasteiger partial charge < -0.3 is 4.90 Å². The van der Waals surface area contributed by atoms with E-state index in [-0.39, 0.29) is 17.8 Å². The van der Waals surface area contributed by atoms with E-state index in [9.17, 15) is 9.18 Å². The molecule has 0 saturated carbocycles. The van der Waals surface area contributed by atoms with Gasteiger partial charge in [0.2, 0.25) is 0 Å². The molecule has 4 rings (SSSR count). The average molecular weight is 336 g/mol. The van der Waals surface area contributed by atoms with E-state index in [0.29, 0.717) is 18.1 Å². The van der Waals surface area contributed by atoms with Crippen LogP contribution >= 0.6 is 0 Å². The average Bonchev–Trinajstić information content (AvgIpc) is 3.33. The Morgan fingerprint density at radius 1 is 1.16 bits per heavy atom. The van der Waals surface area contributed by atoms with Crippen molar-refractivity contribution in [2.75, 3.05) is 6.54 Å². The maximum atomic E-state index is 13.6. The van der Waals surface area contributed by atoms with Crippen LogP contribution in [0.15, 0.2) is 60.9 Å². The maximum Gasteiger partial charge on any atom is 0.273 e. The smallest absolute Gasteiger partial charge is 0.273 e. The molecule has 0 spiro atoms. The quantitative estimate of drug-likeness (QED) is 0.737. The van der Waals surface area contributed by atoms with Crippen LogP contribution < -0.4 is 0 Å². The van der Waals surface area contributed by atoms with E-state index in [1.165, 1.54) is 12.1 Å². The molecular formula is C19H17FN4O. The lowest BCUT2D eigenvalue weighted by Crippen LogP contribution is -2.31. The summed E-state index contributed by atoms with van der Waals surface area (Å²) in [5, 5.41) is 4.14. The number of halogens is 1. The third kappa shape index (κ3) is 3.03. The fraction of sp³-hybridized carbons (Fsp3) is 0.211. The minimum Gasteiger partial charge on any atom is -0.330 e. The number of benzene rings is 1. The summed E-state index contributed by atoms with van der Waals surface area (Å²) in [6.07, 6.45) is 5.17. The number of carbonyl (C=O) groups is 1. The molecule has 1 aliphatic heterocycles. The summed E-state index contributed by atoms with van der Waals surface area (Å²) in [6, 6.07) is 13.5. The predicted molar refractivity (Wildman–Crippen MR) is 90.8 cm³/mol. The zero-order valence-corrected chi connectivity index (χ0v) is 13.5. The molecule has 1 aromatic carbocycles. The lowest BCUT2D eigenvalue weighted by atomic mass is 10.0. The van der Waals surface area contributed by atoms with Crippen LogP contribution in [0.4, 0.5) is 4.39 Å². The molecule has 0 unspecified atom stereocenters. The molecule has 0 aliphatic carbocycles. The molecule has 6 heteroatoms. The van der Waals surface area contributed by atoms with Gasteiger partial charge in [-0.1, -0.05) is 18.2 Å². The highest BCUT2D eigenvalue weighted by Gasteiger charge is 2.31. The summed E-state index contributed by atoms with van der Waals surface area (Å²) in [7, 11) is 0. The number of pyridine rings is 1. The second-order valence-electron chi connectivity index (χ2n) is 6.04. The van der Waals surface area contributed by atoms with E-state index < -0.39 is 0 Å². The zero-order chi connectivity index (χ0) is 17.2. The van der Waals surface area contributed by atoms with Crippen molar-refractivity contribution in [2.45, 2.75) is 18.9 Å². The lowest BCUT2D eigenvalue weighted by Gasteiger charge is -2.25. The topological polar surface area (TPSA) is 51.0 Å². The highest BCUT2D eigenvalue weighted by molar-refractivity contribution is 5.93. The minimum absolute atomic E-state index is 0.113. The molecule has 2 aromatic heterocycles. The number of carbonyl (C=O) groups excluding carboxylic acids is 1. The summed E-state index contributed by atoms with van der Waals surface area (Å²) >= 11 is 0. The molecular weight excluding hydrogens is 319 g/mol. The molecule has 1 atom stereocenters. The second-order valence-corrected chi connectivity index (χ2v) is 6.04. The van der Waals surface area contributed by atoms with Crippen LogP contribution in [-0.2, 0) is 0 Å². The van der Waals surface area contributed by atoms with Gasteiger partial charge >= 0.3 is 0 Å². The number of aromatic nitrogens is 3. The van der Waals surface area contributed by atoms with Gasteiger partial charge in [-0.25, -0.2) is 14.1 Å². The molecule has 1 aliphatic rings. The van der Waals surface area contributed by atoms with E-state index in [4.69, 9.17) is 0 Å². The lowest BCUT2D eigenvalue weighted by molar-refractivity contribution is 0.0729. The van der Waals surface area contributed by atoms with E-state index in [2.05, 4.69) is 10.1 Å². The van der Waals surface area contributed by atoms with Crippen molar-refractivity contribution in [3.05, 3.63) is 78.0 Å². The predicted octanol–water partition coefficient (Wildman–Crippen LogP) is 3.38. The minimum atomic E-state index is -0.282. The summed E-state index contributed by atoms with van der Waals surface area (Å²) in [6.45, 7) is 0.647. The van der Waals surface area contributed by atoms with Crippen molar-refractivity contribution in [1.82, 2.24) is 19.7 Å². The largest absolute Gasteiger partial charge is 0.330 e. The Bertz CT molecular complexity index is 894. The van der Waals surface area contributed by atoms with Crippen molar-refractivity contribution >= 4 is 5.91 Å². The van der Waals surface area contributed by atoms with Crippen LogP contribution in [0.1, 0.15) is 34.9 Å². The second kappa shape index (κ2) is 6.47. The number of likely N-dealkylation sites (tertiary alicyclic amines) is 1. The van der Waals surface area contributed by atoms with Gasteiger partial charge in [-0.3, -0.25) is 4.79 Å². The highest BCUT2D eigenvalue weighted by atomic mass is 19.1. The van der Waals surface area contributed by atoms with Gasteiger partial charge in [0.25, 0.3) is 5.91 Å². The molecule has 3 aromatic rings. The van der Waals surface area contributed by atoms with Gasteiger partial charge in [-0.15, -0.1) is 0 Å². The van der Waals surface area contributed by atoms with Crippen LogP contribution in [0.2, 0.25) is 0 Å². The first kappa shape index (κ1) is 15.5. The SMILES string of the molecule is O=C(c1cccc(-n2cccn2)n1)N1CCC[C@H]1c1cccc(F)c1. The Hall–Kier alpha value is -3.02. The molecule has 1 amide bonds. The number of hydrogen-bond donors (Lipinski definition) is 0.